The second-order valence-corrected chi connectivity index (χ2v) is 3.73. The Balaban J connectivity index is 1.78. The molecular formula is C11H14N4O. The molecule has 1 aromatic rings. The summed E-state index contributed by atoms with van der Waals surface area (Å²) in [6.45, 7) is 3.79. The summed E-state index contributed by atoms with van der Waals surface area (Å²) < 4.78 is 5.40. The van der Waals surface area contributed by atoms with Gasteiger partial charge in [0, 0.05) is 12.7 Å². The maximum Gasteiger partial charge on any atom is 0.317 e. The topological polar surface area (TPSA) is 62.0 Å². The van der Waals surface area contributed by atoms with Crippen molar-refractivity contribution in [1.82, 2.24) is 14.9 Å². The molecule has 0 amide bonds. The van der Waals surface area contributed by atoms with Crippen LogP contribution in [0, 0.1) is 11.3 Å². The third kappa shape index (κ3) is 2.91. The maximum atomic E-state index is 8.66. The summed E-state index contributed by atoms with van der Waals surface area (Å²) in [5, 5.41) is 8.66. The van der Waals surface area contributed by atoms with Crippen molar-refractivity contribution in [3.05, 3.63) is 18.0 Å². The van der Waals surface area contributed by atoms with Gasteiger partial charge in [0.1, 0.15) is 18.4 Å². The summed E-state index contributed by atoms with van der Waals surface area (Å²) in [6, 6.07) is 3.81. The summed E-state index contributed by atoms with van der Waals surface area (Å²) in [5.74, 6) is 0. The maximum absolute atomic E-state index is 8.66. The lowest BCUT2D eigenvalue weighted by molar-refractivity contribution is 0.225. The van der Waals surface area contributed by atoms with E-state index in [9.17, 15) is 0 Å². The van der Waals surface area contributed by atoms with Gasteiger partial charge in [-0.1, -0.05) is 0 Å². The van der Waals surface area contributed by atoms with Crippen LogP contribution in [0.1, 0.15) is 18.5 Å². The number of likely N-dealkylation sites (tertiary alicyclic amines) is 1. The fraction of sp³-hybridized carbons (Fsp3) is 0.545. The zero-order valence-corrected chi connectivity index (χ0v) is 9.09. The molecular weight excluding hydrogens is 204 g/mol. The van der Waals surface area contributed by atoms with Crippen molar-refractivity contribution in [3.8, 4) is 12.1 Å². The number of hydrogen-bond acceptors (Lipinski definition) is 5. The highest BCUT2D eigenvalue weighted by molar-refractivity contribution is 5.19. The van der Waals surface area contributed by atoms with Crippen molar-refractivity contribution in [2.45, 2.75) is 12.8 Å². The van der Waals surface area contributed by atoms with Gasteiger partial charge in [-0.15, -0.1) is 0 Å². The van der Waals surface area contributed by atoms with Crippen LogP contribution in [0.15, 0.2) is 12.3 Å². The Hall–Kier alpha value is -1.67. The van der Waals surface area contributed by atoms with Gasteiger partial charge in [0.25, 0.3) is 0 Å². The Bertz CT molecular complexity index is 382. The minimum atomic E-state index is 0.290. The van der Waals surface area contributed by atoms with Gasteiger partial charge < -0.3 is 4.74 Å². The van der Waals surface area contributed by atoms with Gasteiger partial charge in [0.2, 0.25) is 0 Å². The highest BCUT2D eigenvalue weighted by atomic mass is 16.5. The largest absolute Gasteiger partial charge is 0.462 e. The molecule has 1 saturated heterocycles. The van der Waals surface area contributed by atoms with Crippen LogP contribution >= 0.6 is 0 Å². The Kier molecular flexibility index (Phi) is 3.67. The van der Waals surface area contributed by atoms with Crippen molar-refractivity contribution < 1.29 is 4.74 Å². The van der Waals surface area contributed by atoms with Crippen molar-refractivity contribution in [1.29, 1.82) is 5.26 Å². The first kappa shape index (κ1) is 10.8. The number of nitriles is 1. The molecule has 0 N–H and O–H groups in total. The molecule has 0 bridgehead atoms. The molecule has 0 radical (unpaired) electrons. The average Bonchev–Trinajstić information content (AvgIpc) is 2.82. The van der Waals surface area contributed by atoms with Crippen LogP contribution in [0.4, 0.5) is 0 Å². The molecule has 0 atom stereocenters. The lowest BCUT2D eigenvalue weighted by Crippen LogP contribution is -2.25. The second-order valence-electron chi connectivity index (χ2n) is 3.73. The summed E-state index contributed by atoms with van der Waals surface area (Å²) in [6.07, 6.45) is 4.09. The predicted molar refractivity (Wildman–Crippen MR) is 57.9 cm³/mol. The van der Waals surface area contributed by atoms with Gasteiger partial charge in [-0.2, -0.15) is 10.2 Å². The van der Waals surface area contributed by atoms with Crippen molar-refractivity contribution in [3.63, 3.8) is 0 Å². The Morgan fingerprint density at radius 3 is 3.00 bits per heavy atom. The molecule has 5 nitrogen and oxygen atoms in total. The minimum Gasteiger partial charge on any atom is -0.462 e. The van der Waals surface area contributed by atoms with E-state index in [2.05, 4.69) is 14.9 Å². The van der Waals surface area contributed by atoms with E-state index in [1.807, 2.05) is 6.07 Å². The van der Waals surface area contributed by atoms with Crippen molar-refractivity contribution in [2.75, 3.05) is 26.2 Å². The number of ether oxygens (including phenoxy) is 1. The van der Waals surface area contributed by atoms with E-state index in [0.29, 0.717) is 18.3 Å². The van der Waals surface area contributed by atoms with Crippen molar-refractivity contribution in [2.24, 2.45) is 0 Å². The smallest absolute Gasteiger partial charge is 0.317 e. The van der Waals surface area contributed by atoms with E-state index in [4.69, 9.17) is 10.00 Å². The second kappa shape index (κ2) is 5.42. The van der Waals surface area contributed by atoms with E-state index >= 15 is 0 Å². The summed E-state index contributed by atoms with van der Waals surface area (Å²) in [5.41, 5.74) is 0.339. The first-order valence-electron chi connectivity index (χ1n) is 5.47. The third-order valence-electron chi connectivity index (χ3n) is 2.59. The third-order valence-corrected chi connectivity index (χ3v) is 2.59. The lowest BCUT2D eigenvalue weighted by atomic mass is 10.4. The molecule has 1 fully saturated rings. The van der Waals surface area contributed by atoms with Gasteiger partial charge in [-0.25, -0.2) is 4.98 Å². The molecule has 1 aliphatic heterocycles. The van der Waals surface area contributed by atoms with Gasteiger partial charge in [-0.05, 0) is 32.0 Å². The monoisotopic (exact) mass is 218 g/mol. The molecule has 0 aliphatic carbocycles. The van der Waals surface area contributed by atoms with E-state index < -0.39 is 0 Å². The SMILES string of the molecule is N#Cc1ccnc(OCCN2CCCC2)n1. The number of rotatable bonds is 4. The van der Waals surface area contributed by atoms with E-state index in [0.717, 1.165) is 19.6 Å². The standard InChI is InChI=1S/C11H14N4O/c12-9-10-3-4-13-11(14-10)16-8-7-15-5-1-2-6-15/h3-4H,1-2,5-8H2. The van der Waals surface area contributed by atoms with E-state index in [-0.39, 0.29) is 0 Å². The fourth-order valence-corrected chi connectivity index (χ4v) is 1.74. The Morgan fingerprint density at radius 2 is 2.25 bits per heavy atom. The summed E-state index contributed by atoms with van der Waals surface area (Å²) in [7, 11) is 0. The zero-order chi connectivity index (χ0) is 11.2. The van der Waals surface area contributed by atoms with E-state index in [1.165, 1.54) is 19.0 Å². The quantitative estimate of drug-likeness (QED) is 0.748. The molecule has 0 aromatic carbocycles. The highest BCUT2D eigenvalue weighted by Crippen LogP contribution is 2.07. The first-order valence-corrected chi connectivity index (χ1v) is 5.47. The highest BCUT2D eigenvalue weighted by Gasteiger charge is 2.11. The van der Waals surface area contributed by atoms with Crippen LogP contribution < -0.4 is 4.74 Å². The van der Waals surface area contributed by atoms with Crippen LogP contribution in [-0.2, 0) is 0 Å². The molecule has 0 saturated carbocycles. The molecule has 1 aliphatic rings. The predicted octanol–water partition coefficient (Wildman–Crippen LogP) is 0.823. The van der Waals surface area contributed by atoms with Gasteiger partial charge in [0.05, 0.1) is 0 Å². The molecule has 5 heteroatoms. The molecule has 2 heterocycles. The van der Waals surface area contributed by atoms with Crippen LogP contribution in [0.2, 0.25) is 0 Å². The number of aromatic nitrogens is 2. The van der Waals surface area contributed by atoms with Crippen LogP contribution in [0.25, 0.3) is 0 Å². The first-order chi connectivity index (χ1) is 7.88. The minimum absolute atomic E-state index is 0.290. The van der Waals surface area contributed by atoms with Crippen molar-refractivity contribution >= 4 is 0 Å². The zero-order valence-electron chi connectivity index (χ0n) is 9.09. The Labute approximate surface area is 94.7 Å². The van der Waals surface area contributed by atoms with Gasteiger partial charge in [-0.3, -0.25) is 4.90 Å². The summed E-state index contributed by atoms with van der Waals surface area (Å²) >= 11 is 0. The van der Waals surface area contributed by atoms with Gasteiger partial charge >= 0.3 is 6.01 Å². The lowest BCUT2D eigenvalue weighted by Gasteiger charge is -2.13. The van der Waals surface area contributed by atoms with Crippen LogP contribution in [0.3, 0.4) is 0 Å². The number of nitrogens with zero attached hydrogens (tertiary/aromatic N) is 4. The summed E-state index contributed by atoms with van der Waals surface area (Å²) in [4.78, 5) is 10.2. The van der Waals surface area contributed by atoms with E-state index in [1.54, 1.807) is 6.07 Å². The normalized spacial score (nSPS) is 15.9. The average molecular weight is 218 g/mol. The van der Waals surface area contributed by atoms with Crippen LogP contribution in [-0.4, -0.2) is 41.1 Å². The fourth-order valence-electron chi connectivity index (χ4n) is 1.74. The molecule has 2 rings (SSSR count). The molecule has 84 valence electrons. The Morgan fingerprint density at radius 1 is 1.44 bits per heavy atom. The van der Waals surface area contributed by atoms with Crippen LogP contribution in [0.5, 0.6) is 6.01 Å². The number of hydrogen-bond donors (Lipinski definition) is 0. The molecule has 0 spiro atoms. The molecule has 16 heavy (non-hydrogen) atoms. The molecule has 0 unspecified atom stereocenters. The van der Waals surface area contributed by atoms with Gasteiger partial charge in [0.15, 0.2) is 0 Å². The molecule has 1 aromatic heterocycles.